The van der Waals surface area contributed by atoms with Gasteiger partial charge in [-0.05, 0) is 12.8 Å². The molecule has 2 aliphatic rings. The Balaban J connectivity index is 1.69. The minimum Gasteiger partial charge on any atom is -0.445 e. The van der Waals surface area contributed by atoms with E-state index in [1.54, 1.807) is 6.08 Å². The number of unbranched alkanes of at least 4 members (excludes halogenated alkanes) is 1. The number of benzene rings is 1. The molecule has 0 radical (unpaired) electrons. The number of allylic oxidation sites excluding steroid dienone is 1. The molecule has 2 heterocycles. The zero-order valence-electron chi connectivity index (χ0n) is 17.2. The van der Waals surface area contributed by atoms with E-state index in [4.69, 9.17) is 58.5 Å². The Kier molecular flexibility index (Phi) is 9.45. The molecule has 1 amide bonds. The number of amides is 1. The number of hydrogen-bond donors (Lipinski definition) is 2. The first kappa shape index (κ1) is 25.5. The van der Waals surface area contributed by atoms with Crippen molar-refractivity contribution in [2.75, 3.05) is 19.8 Å². The van der Waals surface area contributed by atoms with Crippen molar-refractivity contribution in [1.82, 2.24) is 5.32 Å². The molecule has 1 aromatic rings. The van der Waals surface area contributed by atoms with E-state index in [1.807, 2.05) is 30.3 Å². The molecule has 6 atom stereocenters. The molecule has 3 rings (SSSR count). The molecule has 0 aromatic heterocycles. The zero-order valence-corrected chi connectivity index (χ0v) is 19.5. The predicted octanol–water partition coefficient (Wildman–Crippen LogP) is 3.63. The van der Waals surface area contributed by atoms with Crippen LogP contribution in [0.3, 0.4) is 0 Å². The SMILES string of the molecule is C=CCCCO[C@@H]1O[C@@H]2COC(c3ccccc3)O[C@H]2[C@H](O)[C@H]1NC(=O)OCC(Cl)(Cl)Cl. The second-order valence-electron chi connectivity index (χ2n) is 7.37. The summed E-state index contributed by atoms with van der Waals surface area (Å²) in [5, 5.41) is 13.6. The van der Waals surface area contributed by atoms with Crippen molar-refractivity contribution in [2.45, 2.75) is 53.6 Å². The summed E-state index contributed by atoms with van der Waals surface area (Å²) in [6, 6.07) is 8.33. The molecule has 178 valence electrons. The van der Waals surface area contributed by atoms with Gasteiger partial charge in [-0.2, -0.15) is 0 Å². The van der Waals surface area contributed by atoms with Crippen LogP contribution < -0.4 is 5.32 Å². The fraction of sp³-hybridized carbons (Fsp3) is 0.571. The summed E-state index contributed by atoms with van der Waals surface area (Å²) in [5.74, 6) is 0. The molecule has 0 spiro atoms. The van der Waals surface area contributed by atoms with Gasteiger partial charge >= 0.3 is 6.09 Å². The molecule has 8 nitrogen and oxygen atoms in total. The number of aliphatic hydroxyl groups excluding tert-OH is 1. The zero-order chi connectivity index (χ0) is 23.1. The highest BCUT2D eigenvalue weighted by Crippen LogP contribution is 2.34. The number of fused-ring (bicyclic) bond motifs is 1. The number of alkyl carbamates (subject to hydrolysis) is 1. The lowest BCUT2D eigenvalue weighted by atomic mass is 9.96. The highest BCUT2D eigenvalue weighted by molar-refractivity contribution is 6.67. The van der Waals surface area contributed by atoms with Crippen molar-refractivity contribution >= 4 is 40.9 Å². The standard InChI is InChI=1S/C21H26Cl3NO7/c1-2-3-7-10-28-19-15(25-20(27)30-12-21(22,23)24)16(26)17-14(31-19)11-29-18(32-17)13-8-5-4-6-9-13/h2,4-6,8-9,14-19,26H,1,3,7,10-12H2,(H,25,27)/t14-,15-,16-,17-,18?,19-/m1/s1. The van der Waals surface area contributed by atoms with E-state index in [9.17, 15) is 9.90 Å². The summed E-state index contributed by atoms with van der Waals surface area (Å²) in [4.78, 5) is 12.3. The van der Waals surface area contributed by atoms with Crippen LogP contribution in [0, 0.1) is 0 Å². The van der Waals surface area contributed by atoms with Gasteiger partial charge in [-0.15, -0.1) is 6.58 Å². The fourth-order valence-corrected chi connectivity index (χ4v) is 3.58. The third-order valence-corrected chi connectivity index (χ3v) is 5.25. The van der Waals surface area contributed by atoms with E-state index in [0.29, 0.717) is 13.0 Å². The molecule has 11 heteroatoms. The third kappa shape index (κ3) is 7.20. The Labute approximate surface area is 201 Å². The number of halogens is 3. The summed E-state index contributed by atoms with van der Waals surface area (Å²) in [7, 11) is 0. The maximum Gasteiger partial charge on any atom is 0.407 e. The fourth-order valence-electron chi connectivity index (χ4n) is 3.42. The summed E-state index contributed by atoms with van der Waals surface area (Å²) >= 11 is 16.9. The van der Waals surface area contributed by atoms with Gasteiger partial charge in [0.05, 0.1) is 13.2 Å². The van der Waals surface area contributed by atoms with Crippen molar-refractivity contribution in [3.05, 3.63) is 48.6 Å². The van der Waals surface area contributed by atoms with Gasteiger partial charge in [-0.1, -0.05) is 71.2 Å². The second-order valence-corrected chi connectivity index (χ2v) is 9.89. The number of hydrogen-bond acceptors (Lipinski definition) is 7. The molecular weight excluding hydrogens is 485 g/mol. The Morgan fingerprint density at radius 3 is 2.72 bits per heavy atom. The van der Waals surface area contributed by atoms with Crippen LogP contribution in [0.15, 0.2) is 43.0 Å². The second kappa shape index (κ2) is 11.9. The van der Waals surface area contributed by atoms with Crippen LogP contribution in [0.1, 0.15) is 24.7 Å². The number of rotatable bonds is 8. The first-order valence-electron chi connectivity index (χ1n) is 10.2. The summed E-state index contributed by atoms with van der Waals surface area (Å²) in [6.45, 7) is 3.71. The molecule has 0 aliphatic carbocycles. The van der Waals surface area contributed by atoms with E-state index >= 15 is 0 Å². The van der Waals surface area contributed by atoms with Crippen LogP contribution in [-0.4, -0.2) is 65.5 Å². The molecule has 2 saturated heterocycles. The number of carbonyl (C=O) groups is 1. The van der Waals surface area contributed by atoms with Gasteiger partial charge in [0.25, 0.3) is 0 Å². The molecule has 2 aliphatic heterocycles. The molecule has 1 unspecified atom stereocenters. The minimum absolute atomic E-state index is 0.179. The van der Waals surface area contributed by atoms with Crippen LogP contribution in [0.25, 0.3) is 0 Å². The highest BCUT2D eigenvalue weighted by atomic mass is 35.6. The molecule has 32 heavy (non-hydrogen) atoms. The maximum atomic E-state index is 12.3. The predicted molar refractivity (Wildman–Crippen MR) is 119 cm³/mol. The molecule has 2 N–H and O–H groups in total. The van der Waals surface area contributed by atoms with Gasteiger partial charge in [0, 0.05) is 5.56 Å². The summed E-state index contributed by atoms with van der Waals surface area (Å²) in [5.41, 5.74) is 0.799. The number of alkyl halides is 3. The molecule has 0 bridgehead atoms. The van der Waals surface area contributed by atoms with Crippen molar-refractivity contribution in [3.63, 3.8) is 0 Å². The molecule has 1 aromatic carbocycles. The van der Waals surface area contributed by atoms with Gasteiger partial charge in [0.2, 0.25) is 3.79 Å². The first-order chi connectivity index (χ1) is 15.3. The van der Waals surface area contributed by atoms with Crippen LogP contribution in [0.4, 0.5) is 4.79 Å². The van der Waals surface area contributed by atoms with Crippen LogP contribution in [0.2, 0.25) is 0 Å². The average Bonchev–Trinajstić information content (AvgIpc) is 2.77. The molecular formula is C21H26Cl3NO7. The smallest absolute Gasteiger partial charge is 0.407 e. The van der Waals surface area contributed by atoms with E-state index < -0.39 is 53.4 Å². The van der Waals surface area contributed by atoms with E-state index in [1.165, 1.54) is 0 Å². The first-order valence-corrected chi connectivity index (χ1v) is 11.3. The highest BCUT2D eigenvalue weighted by Gasteiger charge is 2.50. The van der Waals surface area contributed by atoms with Crippen LogP contribution in [-0.2, 0) is 23.7 Å². The van der Waals surface area contributed by atoms with Crippen molar-refractivity contribution in [2.24, 2.45) is 0 Å². The monoisotopic (exact) mass is 509 g/mol. The largest absolute Gasteiger partial charge is 0.445 e. The Morgan fingerprint density at radius 2 is 2.03 bits per heavy atom. The van der Waals surface area contributed by atoms with Gasteiger partial charge in [0.15, 0.2) is 12.6 Å². The van der Waals surface area contributed by atoms with Crippen molar-refractivity contribution in [3.8, 4) is 0 Å². The molecule has 0 saturated carbocycles. The lowest BCUT2D eigenvalue weighted by molar-refractivity contribution is -0.344. The van der Waals surface area contributed by atoms with E-state index in [0.717, 1.165) is 12.0 Å². The Morgan fingerprint density at radius 1 is 1.28 bits per heavy atom. The lowest BCUT2D eigenvalue weighted by Gasteiger charge is -2.47. The van der Waals surface area contributed by atoms with Gasteiger partial charge in [-0.25, -0.2) is 4.79 Å². The Bertz CT molecular complexity index is 749. The summed E-state index contributed by atoms with van der Waals surface area (Å²) in [6.07, 6.45) is -1.87. The lowest BCUT2D eigenvalue weighted by Crippen LogP contribution is -2.66. The minimum atomic E-state index is -1.77. The van der Waals surface area contributed by atoms with Crippen molar-refractivity contribution < 1.29 is 33.6 Å². The Hall–Kier alpha value is -1.10. The maximum absolute atomic E-state index is 12.3. The topological polar surface area (TPSA) is 95.5 Å². The number of nitrogens with one attached hydrogen (secondary N) is 1. The van der Waals surface area contributed by atoms with Crippen LogP contribution in [0.5, 0.6) is 0 Å². The third-order valence-electron chi connectivity index (χ3n) is 4.92. The number of aliphatic hydroxyl groups is 1. The quantitative estimate of drug-likeness (QED) is 0.313. The molecule has 2 fully saturated rings. The van der Waals surface area contributed by atoms with Gasteiger partial charge in [0.1, 0.15) is 31.0 Å². The van der Waals surface area contributed by atoms with Crippen molar-refractivity contribution in [1.29, 1.82) is 0 Å². The van der Waals surface area contributed by atoms with Gasteiger partial charge < -0.3 is 34.1 Å². The van der Waals surface area contributed by atoms with Crippen LogP contribution >= 0.6 is 34.8 Å². The normalized spacial score (nSPS) is 30.2. The average molecular weight is 511 g/mol. The summed E-state index contributed by atoms with van der Waals surface area (Å²) < 4.78 is 26.7. The van der Waals surface area contributed by atoms with E-state index in [-0.39, 0.29) is 6.61 Å². The van der Waals surface area contributed by atoms with Gasteiger partial charge in [-0.3, -0.25) is 0 Å². The number of carbonyl (C=O) groups excluding carboxylic acids is 1. The number of ether oxygens (including phenoxy) is 5. The van der Waals surface area contributed by atoms with E-state index in [2.05, 4.69) is 11.9 Å².